The molecule has 1 amide bonds. The third kappa shape index (κ3) is 4.21. The lowest BCUT2D eigenvalue weighted by Gasteiger charge is -2.35. The minimum absolute atomic E-state index is 0.0906. The van der Waals surface area contributed by atoms with Crippen molar-refractivity contribution in [3.05, 3.63) is 71.8 Å². The fourth-order valence-electron chi connectivity index (χ4n) is 3.53. The summed E-state index contributed by atoms with van der Waals surface area (Å²) in [7, 11) is 1.65. The van der Waals surface area contributed by atoms with Gasteiger partial charge in [0.25, 0.3) is 5.91 Å². The van der Waals surface area contributed by atoms with E-state index in [-0.39, 0.29) is 5.91 Å². The van der Waals surface area contributed by atoms with Gasteiger partial charge in [-0.15, -0.1) is 10.2 Å². The molecule has 0 spiro atoms. The average molecular weight is 388 g/mol. The molecular weight excluding hydrogens is 364 g/mol. The van der Waals surface area contributed by atoms with Crippen molar-refractivity contribution in [2.24, 2.45) is 0 Å². The Hall–Kier alpha value is -3.41. The number of carbonyl (C=O) groups excluding carboxylic acids is 1. The molecule has 0 N–H and O–H groups in total. The molecule has 1 aliphatic heterocycles. The van der Waals surface area contributed by atoms with E-state index in [9.17, 15) is 4.79 Å². The Balaban J connectivity index is 1.40. The molecule has 6 heteroatoms. The number of anilines is 1. The molecule has 6 nitrogen and oxygen atoms in total. The minimum atomic E-state index is 0.0906. The summed E-state index contributed by atoms with van der Waals surface area (Å²) in [5.41, 5.74) is 3.62. The zero-order valence-corrected chi connectivity index (χ0v) is 16.7. The monoisotopic (exact) mass is 388 g/mol. The highest BCUT2D eigenvalue weighted by atomic mass is 16.5. The molecule has 4 rings (SSSR count). The van der Waals surface area contributed by atoms with Crippen LogP contribution < -0.4 is 9.64 Å². The summed E-state index contributed by atoms with van der Waals surface area (Å²) in [5, 5.41) is 8.79. The maximum absolute atomic E-state index is 12.7. The number of rotatable bonds is 4. The topological polar surface area (TPSA) is 58.6 Å². The number of benzene rings is 2. The largest absolute Gasteiger partial charge is 0.497 e. The van der Waals surface area contributed by atoms with Crippen molar-refractivity contribution in [1.82, 2.24) is 15.1 Å². The SMILES string of the molecule is COc1cccc(-c2ccc(N3CCN(C(=O)c4cccc(C)c4)CC3)nn2)c1. The summed E-state index contributed by atoms with van der Waals surface area (Å²) in [6, 6.07) is 19.5. The first-order valence-corrected chi connectivity index (χ1v) is 9.73. The second-order valence-corrected chi connectivity index (χ2v) is 7.16. The highest BCUT2D eigenvalue weighted by Gasteiger charge is 2.23. The number of carbonyl (C=O) groups is 1. The van der Waals surface area contributed by atoms with Crippen LogP contribution in [0.25, 0.3) is 11.3 Å². The molecule has 0 saturated carbocycles. The van der Waals surface area contributed by atoms with Crippen LogP contribution in [0.1, 0.15) is 15.9 Å². The van der Waals surface area contributed by atoms with Gasteiger partial charge in [-0.3, -0.25) is 4.79 Å². The van der Waals surface area contributed by atoms with Gasteiger partial charge in [0.2, 0.25) is 0 Å². The Morgan fingerprint density at radius 1 is 0.931 bits per heavy atom. The van der Waals surface area contributed by atoms with E-state index in [0.717, 1.165) is 47.0 Å². The molecule has 0 radical (unpaired) electrons. The van der Waals surface area contributed by atoms with Crippen LogP contribution in [-0.4, -0.2) is 54.3 Å². The van der Waals surface area contributed by atoms with Crippen molar-refractivity contribution < 1.29 is 9.53 Å². The highest BCUT2D eigenvalue weighted by molar-refractivity contribution is 5.94. The molecule has 1 saturated heterocycles. The van der Waals surface area contributed by atoms with Crippen LogP contribution in [0.4, 0.5) is 5.82 Å². The average Bonchev–Trinajstić information content (AvgIpc) is 2.79. The van der Waals surface area contributed by atoms with Crippen molar-refractivity contribution in [3.63, 3.8) is 0 Å². The third-order valence-electron chi connectivity index (χ3n) is 5.17. The van der Waals surface area contributed by atoms with E-state index in [1.807, 2.05) is 72.5 Å². The fourth-order valence-corrected chi connectivity index (χ4v) is 3.53. The van der Waals surface area contributed by atoms with E-state index in [2.05, 4.69) is 15.1 Å². The summed E-state index contributed by atoms with van der Waals surface area (Å²) in [5.74, 6) is 1.72. The van der Waals surface area contributed by atoms with Crippen molar-refractivity contribution in [2.45, 2.75) is 6.92 Å². The van der Waals surface area contributed by atoms with Gasteiger partial charge in [-0.2, -0.15) is 0 Å². The van der Waals surface area contributed by atoms with Crippen LogP contribution in [0, 0.1) is 6.92 Å². The molecule has 1 aliphatic rings. The molecule has 2 heterocycles. The second-order valence-electron chi connectivity index (χ2n) is 7.16. The highest BCUT2D eigenvalue weighted by Crippen LogP contribution is 2.23. The maximum Gasteiger partial charge on any atom is 0.253 e. The molecular formula is C23H24N4O2. The van der Waals surface area contributed by atoms with Crippen LogP contribution >= 0.6 is 0 Å². The molecule has 29 heavy (non-hydrogen) atoms. The second kappa shape index (κ2) is 8.31. The molecule has 3 aromatic rings. The maximum atomic E-state index is 12.7. The third-order valence-corrected chi connectivity index (χ3v) is 5.17. The lowest BCUT2D eigenvalue weighted by Crippen LogP contribution is -2.49. The Morgan fingerprint density at radius 2 is 1.72 bits per heavy atom. The number of aromatic nitrogens is 2. The Morgan fingerprint density at radius 3 is 2.41 bits per heavy atom. The number of aryl methyl sites for hydroxylation is 1. The van der Waals surface area contributed by atoms with Crippen molar-refractivity contribution in [3.8, 4) is 17.0 Å². The quantitative estimate of drug-likeness (QED) is 0.685. The normalized spacial score (nSPS) is 14.0. The van der Waals surface area contributed by atoms with Gasteiger partial charge >= 0.3 is 0 Å². The molecule has 1 aromatic heterocycles. The zero-order valence-electron chi connectivity index (χ0n) is 16.7. The van der Waals surface area contributed by atoms with Crippen LogP contribution in [0.3, 0.4) is 0 Å². The number of ether oxygens (including phenoxy) is 1. The lowest BCUT2D eigenvalue weighted by atomic mass is 10.1. The Labute approximate surface area is 170 Å². The number of hydrogen-bond acceptors (Lipinski definition) is 5. The first-order chi connectivity index (χ1) is 14.1. The summed E-state index contributed by atoms with van der Waals surface area (Å²) >= 11 is 0. The van der Waals surface area contributed by atoms with E-state index in [1.54, 1.807) is 7.11 Å². The van der Waals surface area contributed by atoms with Gasteiger partial charge in [0.05, 0.1) is 12.8 Å². The van der Waals surface area contributed by atoms with Crippen LogP contribution in [0.15, 0.2) is 60.7 Å². The minimum Gasteiger partial charge on any atom is -0.497 e. The molecule has 0 bridgehead atoms. The summed E-state index contributed by atoms with van der Waals surface area (Å²) in [6.07, 6.45) is 0. The van der Waals surface area contributed by atoms with Gasteiger partial charge < -0.3 is 14.5 Å². The van der Waals surface area contributed by atoms with Gasteiger partial charge in [0.15, 0.2) is 5.82 Å². The van der Waals surface area contributed by atoms with Crippen molar-refractivity contribution in [1.29, 1.82) is 0 Å². The molecule has 0 aliphatic carbocycles. The predicted molar refractivity (Wildman–Crippen MR) is 113 cm³/mol. The summed E-state index contributed by atoms with van der Waals surface area (Å²) < 4.78 is 5.27. The Bertz CT molecular complexity index is 996. The van der Waals surface area contributed by atoms with Crippen LogP contribution in [0.5, 0.6) is 5.75 Å². The Kier molecular flexibility index (Phi) is 5.42. The number of methoxy groups -OCH3 is 1. The number of amides is 1. The molecule has 1 fully saturated rings. The molecule has 0 atom stereocenters. The van der Waals surface area contributed by atoms with Gasteiger partial charge in [-0.25, -0.2) is 0 Å². The van der Waals surface area contributed by atoms with E-state index >= 15 is 0 Å². The van der Waals surface area contributed by atoms with E-state index in [1.165, 1.54) is 0 Å². The fraction of sp³-hybridized carbons (Fsp3) is 0.261. The van der Waals surface area contributed by atoms with Gasteiger partial charge in [-0.05, 0) is 43.3 Å². The van der Waals surface area contributed by atoms with E-state index in [0.29, 0.717) is 13.1 Å². The standard InChI is InChI=1S/C23H24N4O2/c1-17-5-3-7-19(15-17)23(28)27-13-11-26(12-14-27)22-10-9-21(24-25-22)18-6-4-8-20(16-18)29-2/h3-10,15-16H,11-14H2,1-2H3. The van der Waals surface area contributed by atoms with E-state index in [4.69, 9.17) is 4.74 Å². The summed E-state index contributed by atoms with van der Waals surface area (Å²) in [4.78, 5) is 16.8. The number of nitrogens with zero attached hydrogens (tertiary/aromatic N) is 4. The lowest BCUT2D eigenvalue weighted by molar-refractivity contribution is 0.0746. The van der Waals surface area contributed by atoms with Crippen LogP contribution in [-0.2, 0) is 0 Å². The molecule has 148 valence electrons. The summed E-state index contributed by atoms with van der Waals surface area (Å²) in [6.45, 7) is 4.83. The van der Waals surface area contributed by atoms with Crippen LogP contribution in [0.2, 0.25) is 0 Å². The van der Waals surface area contributed by atoms with Gasteiger partial charge in [0, 0.05) is 37.3 Å². The molecule has 2 aromatic carbocycles. The van der Waals surface area contributed by atoms with Gasteiger partial charge in [0.1, 0.15) is 5.75 Å². The van der Waals surface area contributed by atoms with Gasteiger partial charge in [-0.1, -0.05) is 29.8 Å². The van der Waals surface area contributed by atoms with Crippen molar-refractivity contribution >= 4 is 11.7 Å². The first-order valence-electron chi connectivity index (χ1n) is 9.73. The first kappa shape index (κ1) is 18.9. The number of hydrogen-bond donors (Lipinski definition) is 0. The van der Waals surface area contributed by atoms with E-state index < -0.39 is 0 Å². The predicted octanol–water partition coefficient (Wildman–Crippen LogP) is 3.42. The van der Waals surface area contributed by atoms with Crippen molar-refractivity contribution in [2.75, 3.05) is 38.2 Å². The molecule has 0 unspecified atom stereocenters. The number of piperazine rings is 1. The smallest absolute Gasteiger partial charge is 0.253 e. The zero-order chi connectivity index (χ0) is 20.2.